The maximum Gasteiger partial charge on any atom is 0.248 e. The molecule has 1 aromatic rings. The van der Waals surface area contributed by atoms with E-state index in [0.717, 1.165) is 6.92 Å². The molecule has 14 amide bonds. The van der Waals surface area contributed by atoms with Crippen molar-refractivity contribution in [1.29, 1.82) is 0 Å². The summed E-state index contributed by atoms with van der Waals surface area (Å²) in [6, 6.07) is -14.5. The molecule has 0 saturated carbocycles. The fraction of sp³-hybridized carbons (Fsp3) is 0.675. The minimum absolute atomic E-state index is 0.00367. The van der Waals surface area contributed by atoms with Crippen molar-refractivity contribution in [2.75, 3.05) is 58.9 Å². The van der Waals surface area contributed by atoms with Crippen LogP contribution >= 0.6 is 0 Å². The standard InChI is InChI=1S/C77H134N30O17/c1-7-40(3)56-68(120)100-51(23-15-35-93-77(87)88)65(117)105-59(43(6)109)72(124)107-37-17-25-54(107)71(123)106-36-16-24-53(106)67(119)103-57(41(4)8-2)69(121)101-52(38-44-26-28-45(110)29-27-44)66(118)98-50(22-14-34-92-76(85)86)64(116)104-58(42(5)108)70(122)99-46(19-11-31-89-73(79)80)60(112)94-39-55(111)95-47(18-9-10-30-78)61(113)96-48(20-12-32-90-74(81)82)62(114)97-49(63(115)102-56)21-13-33-91-75(83)84/h26-29,40-43,46-54,56-59,108-110H,7-25,30-39,78H2,1-6H3,(H,94,112)(H,95,111)(H,96,113)(H,97,114)(H,98,118)(H,99,122)(H,100,120)(H,101,121)(H,102,115)(H,103,119)(H,104,116)(H,105,117)(H4,79,80,89)(H4,81,82,90)(H4,83,84,91)(H4,85,86,92)(H4,87,88,93)/t40-,41-,42+,43+,46-,47-,48-,49-,50-,51-,52-,53-,54+,56-,57-,58-,59-/m0/s1. The van der Waals surface area contributed by atoms with Gasteiger partial charge in [0.1, 0.15) is 84.3 Å². The fourth-order valence-electron chi connectivity index (χ4n) is 14.0. The predicted octanol–water partition coefficient (Wildman–Crippen LogP) is -9.37. The first-order valence-electron chi connectivity index (χ1n) is 42.0. The second-order valence-electron chi connectivity index (χ2n) is 31.2. The summed E-state index contributed by atoms with van der Waals surface area (Å²) in [6.45, 7) is 7.90. The molecule has 124 heavy (non-hydrogen) atoms. The number of aliphatic hydroxyl groups is 2. The van der Waals surface area contributed by atoms with E-state index in [1.165, 1.54) is 41.0 Å². The summed E-state index contributed by atoms with van der Waals surface area (Å²) < 4.78 is 0. The van der Waals surface area contributed by atoms with E-state index in [2.05, 4.69) is 88.8 Å². The number of aromatic hydroxyl groups is 1. The minimum Gasteiger partial charge on any atom is -0.508 e. The fourth-order valence-corrected chi connectivity index (χ4v) is 14.0. The number of aliphatic imine (C=N–C) groups is 5. The number of aliphatic hydroxyl groups excluding tert-OH is 2. The van der Waals surface area contributed by atoms with E-state index < -0.39 is 192 Å². The molecule has 3 heterocycles. The van der Waals surface area contributed by atoms with Crippen molar-refractivity contribution in [3.05, 3.63) is 29.8 Å². The third-order valence-electron chi connectivity index (χ3n) is 21.3. The zero-order chi connectivity index (χ0) is 92.4. The monoisotopic (exact) mass is 1750 g/mol. The molecule has 3 aliphatic rings. The molecule has 0 unspecified atom stereocenters. The Morgan fingerprint density at radius 2 is 0.694 bits per heavy atom. The van der Waals surface area contributed by atoms with Gasteiger partial charge >= 0.3 is 0 Å². The van der Waals surface area contributed by atoms with Crippen molar-refractivity contribution in [2.45, 2.75) is 261 Å². The number of hydrogen-bond donors (Lipinski definition) is 26. The molecule has 47 heteroatoms. The number of rotatable bonds is 32. The summed E-state index contributed by atoms with van der Waals surface area (Å²) in [7, 11) is 0. The molecule has 3 saturated heterocycles. The van der Waals surface area contributed by atoms with Crippen LogP contribution in [0, 0.1) is 11.8 Å². The average molecular weight is 1750 g/mol. The van der Waals surface area contributed by atoms with E-state index in [1.54, 1.807) is 27.7 Å². The Bertz CT molecular complexity index is 3890. The molecule has 0 spiro atoms. The average Bonchev–Trinajstić information content (AvgIpc) is 1.63. The third kappa shape index (κ3) is 35.7. The summed E-state index contributed by atoms with van der Waals surface area (Å²) >= 11 is 0. The number of benzene rings is 1. The van der Waals surface area contributed by atoms with Gasteiger partial charge in [-0.3, -0.25) is 92.1 Å². The highest BCUT2D eigenvalue weighted by atomic mass is 16.3. The number of amides is 14. The lowest BCUT2D eigenvalue weighted by Crippen LogP contribution is -2.62. The predicted molar refractivity (Wildman–Crippen MR) is 460 cm³/mol. The number of carbonyl (C=O) groups excluding carboxylic acids is 14. The topological polar surface area (TPSA) is 799 Å². The number of nitrogens with two attached hydrogens (primary N) is 11. The number of guanidine groups is 5. The van der Waals surface area contributed by atoms with E-state index in [1.807, 2.05) is 0 Å². The van der Waals surface area contributed by atoms with Crippen LogP contribution in [-0.4, -0.2) is 287 Å². The molecule has 0 radical (unpaired) electrons. The summed E-state index contributed by atoms with van der Waals surface area (Å²) in [5.74, 6) is -16.4. The smallest absolute Gasteiger partial charge is 0.248 e. The number of fused-ring (bicyclic) bond motifs is 2. The Kier molecular flexibility index (Phi) is 45.1. The van der Waals surface area contributed by atoms with E-state index in [-0.39, 0.29) is 210 Å². The molecule has 4 rings (SSSR count). The molecule has 37 N–H and O–H groups in total. The number of nitrogens with zero attached hydrogens (tertiary/aromatic N) is 7. The summed E-state index contributed by atoms with van der Waals surface area (Å²) in [5, 5.41) is 64.4. The second kappa shape index (κ2) is 53.7. The van der Waals surface area contributed by atoms with Crippen LogP contribution in [0.5, 0.6) is 5.75 Å². The largest absolute Gasteiger partial charge is 0.508 e. The third-order valence-corrected chi connectivity index (χ3v) is 21.3. The number of carbonyl (C=O) groups is 14. The van der Waals surface area contributed by atoms with E-state index in [0.29, 0.717) is 12.0 Å². The van der Waals surface area contributed by atoms with Gasteiger partial charge in [-0.15, -0.1) is 0 Å². The van der Waals surface area contributed by atoms with Gasteiger partial charge in [0, 0.05) is 52.2 Å². The first-order valence-corrected chi connectivity index (χ1v) is 42.0. The van der Waals surface area contributed by atoms with Crippen molar-refractivity contribution in [2.24, 2.45) is 99.9 Å². The van der Waals surface area contributed by atoms with Gasteiger partial charge in [-0.25, -0.2) is 0 Å². The molecule has 0 aromatic heterocycles. The Morgan fingerprint density at radius 3 is 1.08 bits per heavy atom. The van der Waals surface area contributed by atoms with Crippen molar-refractivity contribution < 1.29 is 82.4 Å². The molecule has 3 fully saturated rings. The minimum atomic E-state index is -1.91. The molecule has 3 aliphatic heterocycles. The van der Waals surface area contributed by atoms with E-state index >= 15 is 9.59 Å². The molecular formula is C77H134N30O17. The van der Waals surface area contributed by atoms with Crippen LogP contribution < -0.4 is 127 Å². The van der Waals surface area contributed by atoms with Crippen LogP contribution in [-0.2, 0) is 73.5 Å². The normalized spacial score (nSPS) is 25.0. The zero-order valence-corrected chi connectivity index (χ0v) is 71.7. The van der Waals surface area contributed by atoms with Crippen molar-refractivity contribution in [3.63, 3.8) is 0 Å². The SMILES string of the molecule is CC[C@H](C)[C@@H]1NC(=O)[C@H](CCCN=C(N)N)NC(=O)[C@H](CCCN=C(N)N)NC(=O)[C@H](CCCCN)NC(=O)CNC(=O)[C@H](CCCN=C(N)N)NC(=O)[C@H]([C@@H](C)O)NC(=O)[C@H](CCCN=C(N)N)NC(=O)[C@H](Cc2ccc(O)cc2)NC(=O)[C@H]([C@@H](C)CC)NC(=O)[C@@H]2CCCN2C(=O)[C@H]2CCCN2C(=O)[C@H]([C@@H](C)O)NC(=O)[C@H](CCCN=C(N)N)NC1=O. The molecular weight excluding hydrogens is 1620 g/mol. The number of unbranched alkanes of at least 4 members (excludes halogenated alkanes) is 1. The van der Waals surface area contributed by atoms with Gasteiger partial charge in [0.15, 0.2) is 29.8 Å². The van der Waals surface area contributed by atoms with Crippen molar-refractivity contribution in [3.8, 4) is 5.75 Å². The van der Waals surface area contributed by atoms with Gasteiger partial charge in [-0.2, -0.15) is 0 Å². The Labute approximate surface area is 720 Å². The molecule has 17 atom stereocenters. The number of phenolic OH excluding ortho intramolecular Hbond substituents is 1. The second-order valence-corrected chi connectivity index (χ2v) is 31.2. The number of hydrogen-bond acceptors (Lipinski definition) is 23. The first kappa shape index (κ1) is 104. The summed E-state index contributed by atoms with van der Waals surface area (Å²) in [5.41, 5.74) is 62.5. The lowest BCUT2D eigenvalue weighted by molar-refractivity contribution is -0.149. The summed E-state index contributed by atoms with van der Waals surface area (Å²) in [4.78, 5) is 229. The lowest BCUT2D eigenvalue weighted by Gasteiger charge is -2.34. The van der Waals surface area contributed by atoms with Crippen LogP contribution in [0.25, 0.3) is 0 Å². The van der Waals surface area contributed by atoms with Crippen LogP contribution in [0.3, 0.4) is 0 Å². The van der Waals surface area contributed by atoms with Crippen molar-refractivity contribution >= 4 is 112 Å². The maximum atomic E-state index is 15.1. The zero-order valence-electron chi connectivity index (χ0n) is 71.7. The first-order chi connectivity index (χ1) is 58.7. The van der Waals surface area contributed by atoms with Gasteiger partial charge < -0.3 is 152 Å². The highest BCUT2D eigenvalue weighted by Crippen LogP contribution is 2.27. The lowest BCUT2D eigenvalue weighted by atomic mass is 9.96. The van der Waals surface area contributed by atoms with Crippen LogP contribution in [0.15, 0.2) is 49.2 Å². The summed E-state index contributed by atoms with van der Waals surface area (Å²) in [6.07, 6.45) is -3.22. The van der Waals surface area contributed by atoms with Crippen LogP contribution in [0.2, 0.25) is 0 Å². The number of phenols is 1. The van der Waals surface area contributed by atoms with E-state index in [4.69, 9.17) is 63.1 Å². The molecule has 47 nitrogen and oxygen atoms in total. The van der Waals surface area contributed by atoms with Crippen LogP contribution in [0.1, 0.15) is 169 Å². The molecule has 1 aromatic carbocycles. The molecule has 694 valence electrons. The number of nitrogens with one attached hydrogen (secondary N) is 12. The van der Waals surface area contributed by atoms with Gasteiger partial charge in [-0.05, 0) is 159 Å². The highest BCUT2D eigenvalue weighted by molar-refractivity contribution is 6.01. The van der Waals surface area contributed by atoms with Crippen LogP contribution in [0.4, 0.5) is 0 Å². The Hall–Kier alpha value is -12.2. The van der Waals surface area contributed by atoms with E-state index in [9.17, 15) is 72.9 Å². The van der Waals surface area contributed by atoms with Gasteiger partial charge in [-0.1, -0.05) is 52.7 Å². The van der Waals surface area contributed by atoms with Crippen molar-refractivity contribution in [1.82, 2.24) is 73.6 Å². The Balaban J connectivity index is 1.96. The molecule has 0 bridgehead atoms. The molecule has 0 aliphatic carbocycles. The Morgan fingerprint density at radius 1 is 0.379 bits per heavy atom. The quantitative estimate of drug-likeness (QED) is 0.0181. The van der Waals surface area contributed by atoms with Gasteiger partial charge in [0.25, 0.3) is 0 Å². The highest BCUT2D eigenvalue weighted by Gasteiger charge is 2.47. The van der Waals surface area contributed by atoms with Gasteiger partial charge in [0.05, 0.1) is 18.8 Å². The van der Waals surface area contributed by atoms with Gasteiger partial charge in [0.2, 0.25) is 82.7 Å². The maximum absolute atomic E-state index is 15.1.